The molecule has 302 valence electrons. The molecule has 0 saturated heterocycles. The van der Waals surface area contributed by atoms with Crippen LogP contribution in [0.1, 0.15) is 101 Å². The van der Waals surface area contributed by atoms with Crippen molar-refractivity contribution in [3.63, 3.8) is 0 Å². The van der Waals surface area contributed by atoms with E-state index in [1.165, 1.54) is 78.4 Å². The molecule has 55 heavy (non-hydrogen) atoms. The summed E-state index contributed by atoms with van der Waals surface area (Å²) in [4.78, 5) is 26.1. The van der Waals surface area contributed by atoms with E-state index in [4.69, 9.17) is 23.7 Å². The van der Waals surface area contributed by atoms with Gasteiger partial charge >= 0.3 is 11.9 Å². The van der Waals surface area contributed by atoms with Gasteiger partial charge in [-0.15, -0.1) is 0 Å². The van der Waals surface area contributed by atoms with Gasteiger partial charge in [0.05, 0.1) is 34.5 Å². The zero-order valence-electron chi connectivity index (χ0n) is 33.4. The Morgan fingerprint density at radius 3 is 1.64 bits per heavy atom. The molecule has 10 heteroatoms. The third-order valence-corrected chi connectivity index (χ3v) is 10.2. The maximum Gasteiger partial charge on any atom is 0.330 e. The minimum atomic E-state index is -0.575. The van der Waals surface area contributed by atoms with E-state index in [1.807, 2.05) is 0 Å². The average Bonchev–Trinajstić information content (AvgIpc) is 3.19. The minimum absolute atomic E-state index is 0.000327. The monoisotopic (exact) mass is 762 g/mol. The van der Waals surface area contributed by atoms with E-state index in [1.54, 1.807) is 54.6 Å². The van der Waals surface area contributed by atoms with Crippen LogP contribution < -0.4 is 14.2 Å². The molecule has 3 rings (SSSR count). The van der Waals surface area contributed by atoms with Gasteiger partial charge in [-0.25, -0.2) is 4.79 Å². The summed E-state index contributed by atoms with van der Waals surface area (Å²) in [5, 5.41) is 30.4. The second kappa shape index (κ2) is 24.5. The van der Waals surface area contributed by atoms with Gasteiger partial charge in [0.15, 0.2) is 34.5 Å². The number of ether oxygens (including phenoxy) is 5. The fourth-order valence-corrected chi connectivity index (χ4v) is 6.53. The molecule has 0 aliphatic carbocycles. The Labute approximate surface area is 327 Å². The molecule has 0 aliphatic rings. The highest BCUT2D eigenvalue weighted by Gasteiger charge is 2.27. The number of benzene rings is 3. The molecule has 0 heterocycles. The van der Waals surface area contributed by atoms with Crippen molar-refractivity contribution in [2.24, 2.45) is 17.8 Å². The van der Waals surface area contributed by atoms with Crippen molar-refractivity contribution in [3.8, 4) is 34.5 Å². The number of carbonyl (C=O) groups excluding carboxylic acids is 2. The highest BCUT2D eigenvalue weighted by atomic mass is 16.5. The summed E-state index contributed by atoms with van der Waals surface area (Å²) in [6, 6.07) is 14.9. The van der Waals surface area contributed by atoms with Crippen LogP contribution in [0.5, 0.6) is 34.5 Å². The summed E-state index contributed by atoms with van der Waals surface area (Å²) in [7, 11) is 4.40. The van der Waals surface area contributed by atoms with Crippen molar-refractivity contribution in [1.82, 2.24) is 0 Å². The largest absolute Gasteiger partial charge is 0.504 e. The third kappa shape index (κ3) is 16.2. The Kier molecular flexibility index (Phi) is 19.9. The van der Waals surface area contributed by atoms with E-state index in [2.05, 4.69) is 13.8 Å². The van der Waals surface area contributed by atoms with E-state index >= 15 is 0 Å². The molecule has 0 saturated carbocycles. The van der Waals surface area contributed by atoms with Crippen molar-refractivity contribution in [2.45, 2.75) is 97.3 Å². The summed E-state index contributed by atoms with van der Waals surface area (Å²) in [5.74, 6) is 0.240. The number of unbranched alkanes of at least 4 members (excludes halogenated alkanes) is 7. The molecule has 0 bridgehead atoms. The SMILES string of the molecule is CC[C@H](C)CCCCCCCCCCC(=O)OC[C@H](Cc1ccc(O)c(OC)c1)[C@H](COC(=O)C=Cc1ccc(O)c(OC)c1)Cc1ccc(O)c(OC)c1. The molecule has 0 unspecified atom stereocenters. The Bertz CT molecular complexity index is 1630. The van der Waals surface area contributed by atoms with Crippen LogP contribution >= 0.6 is 0 Å². The van der Waals surface area contributed by atoms with Crippen LogP contribution in [0, 0.1) is 17.8 Å². The first kappa shape index (κ1) is 44.5. The van der Waals surface area contributed by atoms with E-state index in [-0.39, 0.29) is 54.0 Å². The molecule has 0 aromatic heterocycles. The van der Waals surface area contributed by atoms with Gasteiger partial charge in [-0.2, -0.15) is 0 Å². The van der Waals surface area contributed by atoms with Gasteiger partial charge in [0.2, 0.25) is 0 Å². The lowest BCUT2D eigenvalue weighted by molar-refractivity contribution is -0.147. The number of hydrogen-bond donors (Lipinski definition) is 3. The van der Waals surface area contributed by atoms with Crippen molar-refractivity contribution in [2.75, 3.05) is 34.5 Å². The molecule has 0 spiro atoms. The molecule has 3 aromatic carbocycles. The van der Waals surface area contributed by atoms with Crippen LogP contribution in [-0.4, -0.2) is 61.8 Å². The van der Waals surface area contributed by atoms with E-state index < -0.39 is 5.97 Å². The molecule has 3 atom stereocenters. The van der Waals surface area contributed by atoms with Crippen molar-refractivity contribution in [1.29, 1.82) is 0 Å². The Morgan fingerprint density at radius 2 is 1.11 bits per heavy atom. The first-order valence-corrected chi connectivity index (χ1v) is 19.7. The van der Waals surface area contributed by atoms with Gasteiger partial charge in [-0.3, -0.25) is 4.79 Å². The number of aromatic hydroxyl groups is 3. The topological polar surface area (TPSA) is 141 Å². The molecule has 3 N–H and O–H groups in total. The summed E-state index contributed by atoms with van der Waals surface area (Å²) >= 11 is 0. The first-order chi connectivity index (χ1) is 26.6. The third-order valence-electron chi connectivity index (χ3n) is 10.2. The number of methoxy groups -OCH3 is 3. The Balaban J connectivity index is 1.71. The van der Waals surface area contributed by atoms with Gasteiger partial charge in [0, 0.05) is 24.3 Å². The quantitative estimate of drug-likeness (QED) is 0.0411. The van der Waals surface area contributed by atoms with Gasteiger partial charge < -0.3 is 39.0 Å². The molecule has 10 nitrogen and oxygen atoms in total. The smallest absolute Gasteiger partial charge is 0.330 e. The lowest BCUT2D eigenvalue weighted by atomic mass is 9.83. The fraction of sp³-hybridized carbons (Fsp3) is 0.511. The Hall–Kier alpha value is -4.86. The number of carbonyl (C=O) groups is 2. The van der Waals surface area contributed by atoms with E-state index in [0.29, 0.717) is 36.3 Å². The van der Waals surface area contributed by atoms with E-state index in [0.717, 1.165) is 36.3 Å². The number of esters is 2. The zero-order chi connectivity index (χ0) is 40.0. The van der Waals surface area contributed by atoms with Crippen LogP contribution in [0.4, 0.5) is 0 Å². The van der Waals surface area contributed by atoms with Crippen molar-refractivity contribution in [3.05, 3.63) is 77.4 Å². The van der Waals surface area contributed by atoms with Crippen LogP contribution in [0.15, 0.2) is 60.7 Å². The highest BCUT2D eigenvalue weighted by Crippen LogP contribution is 2.32. The van der Waals surface area contributed by atoms with Crippen LogP contribution in [0.25, 0.3) is 6.08 Å². The maximum atomic E-state index is 13.0. The lowest BCUT2D eigenvalue weighted by Crippen LogP contribution is -2.30. The molecular weight excluding hydrogens is 700 g/mol. The van der Waals surface area contributed by atoms with Gasteiger partial charge in [-0.1, -0.05) is 89.8 Å². The average molecular weight is 763 g/mol. The van der Waals surface area contributed by atoms with Crippen LogP contribution in [-0.2, 0) is 31.9 Å². The zero-order valence-corrected chi connectivity index (χ0v) is 33.4. The van der Waals surface area contributed by atoms with Crippen LogP contribution in [0.2, 0.25) is 0 Å². The molecule has 0 amide bonds. The molecule has 0 aliphatic heterocycles. The first-order valence-electron chi connectivity index (χ1n) is 19.7. The normalized spacial score (nSPS) is 12.9. The summed E-state index contributed by atoms with van der Waals surface area (Å²) in [6.07, 6.45) is 15.7. The standard InChI is InChI=1S/C45H62O10/c1-6-32(2)15-13-11-9-7-8-10-12-14-16-44(49)54-30-36(25-34-18-22-39(47)42(28-34)52-4)37(26-35-19-23-40(48)43(29-35)53-5)31-55-45(50)24-20-33-17-21-38(46)41(27-33)51-3/h17-24,27-29,32,36-37,46-48H,6-16,25-26,30-31H2,1-5H3/t32-,36-,37-/m0/s1. The van der Waals surface area contributed by atoms with Crippen molar-refractivity contribution < 1.29 is 48.6 Å². The van der Waals surface area contributed by atoms with Crippen LogP contribution in [0.3, 0.4) is 0 Å². The predicted molar refractivity (Wildman–Crippen MR) is 215 cm³/mol. The minimum Gasteiger partial charge on any atom is -0.504 e. The van der Waals surface area contributed by atoms with E-state index in [9.17, 15) is 24.9 Å². The number of rotatable bonds is 26. The lowest BCUT2D eigenvalue weighted by Gasteiger charge is -2.27. The van der Waals surface area contributed by atoms with Gasteiger partial charge in [0.25, 0.3) is 0 Å². The van der Waals surface area contributed by atoms with Crippen molar-refractivity contribution >= 4 is 18.0 Å². The summed E-state index contributed by atoms with van der Waals surface area (Å²) in [5.41, 5.74) is 2.31. The number of phenols is 3. The number of hydrogen-bond acceptors (Lipinski definition) is 10. The molecule has 0 fully saturated rings. The second-order valence-corrected chi connectivity index (χ2v) is 14.4. The molecule has 0 radical (unpaired) electrons. The fourth-order valence-electron chi connectivity index (χ4n) is 6.53. The number of phenolic OH excluding ortho intramolecular Hbond substituents is 3. The summed E-state index contributed by atoms with van der Waals surface area (Å²) < 4.78 is 27.6. The maximum absolute atomic E-state index is 13.0. The van der Waals surface area contributed by atoms with Gasteiger partial charge in [-0.05, 0) is 84.3 Å². The molecular formula is C45H62O10. The molecule has 3 aromatic rings. The second-order valence-electron chi connectivity index (χ2n) is 14.4. The highest BCUT2D eigenvalue weighted by molar-refractivity contribution is 5.87. The predicted octanol–water partition coefficient (Wildman–Crippen LogP) is 9.59. The Morgan fingerprint density at radius 1 is 0.636 bits per heavy atom. The summed E-state index contributed by atoms with van der Waals surface area (Å²) in [6.45, 7) is 4.66. The van der Waals surface area contributed by atoms with Gasteiger partial charge in [0.1, 0.15) is 0 Å².